The minimum atomic E-state index is -3.09. The lowest BCUT2D eigenvalue weighted by Crippen LogP contribution is -2.17. The maximum atomic E-state index is 11.4. The van der Waals surface area contributed by atoms with Gasteiger partial charge in [0, 0.05) is 28.4 Å². The molecule has 0 spiro atoms. The highest BCUT2D eigenvalue weighted by atomic mass is 31.2. The van der Waals surface area contributed by atoms with Gasteiger partial charge in [0.2, 0.25) is 0 Å². The fourth-order valence-electron chi connectivity index (χ4n) is 1.35. The largest absolute Gasteiger partial charge is 0.394 e. The molecule has 0 aromatic rings. The van der Waals surface area contributed by atoms with Gasteiger partial charge in [0.05, 0.1) is 25.4 Å². The van der Waals surface area contributed by atoms with Crippen molar-refractivity contribution in [3.63, 3.8) is 0 Å². The Labute approximate surface area is 156 Å². The third-order valence-corrected chi connectivity index (χ3v) is 6.52. The van der Waals surface area contributed by atoms with Gasteiger partial charge in [0.15, 0.2) is 0 Å². The van der Waals surface area contributed by atoms with E-state index in [0.29, 0.717) is 12.8 Å². The van der Waals surface area contributed by atoms with Crippen molar-refractivity contribution in [2.45, 2.75) is 38.9 Å². The summed E-state index contributed by atoms with van der Waals surface area (Å²) in [5.41, 5.74) is 0. The average Bonchev–Trinajstić information content (AvgIpc) is 2.69. The van der Waals surface area contributed by atoms with Crippen molar-refractivity contribution in [2.75, 3.05) is 54.3 Å². The molecule has 0 aromatic heterocycles. The molecule has 0 amide bonds. The Kier molecular flexibility index (Phi) is 17.6. The lowest BCUT2D eigenvalue weighted by Gasteiger charge is -2.17. The lowest BCUT2D eigenvalue weighted by molar-refractivity contribution is 0.0258. The van der Waals surface area contributed by atoms with E-state index in [9.17, 15) is 9.13 Å². The first-order chi connectivity index (χ1) is 12.2. The van der Waals surface area contributed by atoms with Crippen LogP contribution >= 0.6 is 15.2 Å². The van der Waals surface area contributed by atoms with Crippen LogP contribution in [0.2, 0.25) is 0 Å². The van der Waals surface area contributed by atoms with E-state index in [2.05, 4.69) is 18.1 Å². The van der Waals surface area contributed by atoms with Gasteiger partial charge in [-0.15, -0.1) is 0 Å². The zero-order chi connectivity index (χ0) is 20.6. The minimum absolute atomic E-state index is 0.0933. The number of hydrogen-bond donors (Lipinski definition) is 2. The molecular formula is C14H34O10P2. The van der Waals surface area contributed by atoms with Crippen molar-refractivity contribution in [3.8, 4) is 0 Å². The van der Waals surface area contributed by atoms with Crippen molar-refractivity contribution in [3.05, 3.63) is 0 Å². The predicted molar refractivity (Wildman–Crippen MR) is 97.5 cm³/mol. The van der Waals surface area contributed by atoms with Crippen molar-refractivity contribution < 1.29 is 46.9 Å². The molecule has 0 unspecified atom stereocenters. The van der Waals surface area contributed by atoms with E-state index in [1.54, 1.807) is 0 Å². The zero-order valence-electron chi connectivity index (χ0n) is 16.5. The molecule has 12 heteroatoms. The van der Waals surface area contributed by atoms with Crippen LogP contribution in [-0.4, -0.2) is 76.8 Å². The highest BCUT2D eigenvalue weighted by molar-refractivity contribution is 7.53. The van der Waals surface area contributed by atoms with E-state index in [-0.39, 0.29) is 38.1 Å². The Hall–Kier alpha value is 0.140. The third kappa shape index (κ3) is 12.5. The van der Waals surface area contributed by atoms with Gasteiger partial charge >= 0.3 is 15.2 Å². The molecular weight excluding hydrogens is 390 g/mol. The number of ether oxygens (including phenoxy) is 2. The molecule has 0 aromatic carbocycles. The summed E-state index contributed by atoms with van der Waals surface area (Å²) in [6, 6.07) is 0. The van der Waals surface area contributed by atoms with E-state index in [4.69, 9.17) is 19.7 Å². The molecule has 0 aliphatic rings. The summed E-state index contributed by atoms with van der Waals surface area (Å²) in [4.78, 5) is 0. The second-order valence-electron chi connectivity index (χ2n) is 4.97. The van der Waals surface area contributed by atoms with E-state index >= 15 is 0 Å². The monoisotopic (exact) mass is 424 g/mol. The summed E-state index contributed by atoms with van der Waals surface area (Å²) in [5, 5.41) is 17.5. The van der Waals surface area contributed by atoms with Crippen LogP contribution in [0.5, 0.6) is 0 Å². The molecule has 0 aliphatic carbocycles. The fraction of sp³-hybridized carbons (Fsp3) is 1.00. The molecule has 0 radical (unpaired) electrons. The van der Waals surface area contributed by atoms with Crippen LogP contribution < -0.4 is 0 Å². The molecule has 160 valence electrons. The number of rotatable bonds is 14. The van der Waals surface area contributed by atoms with Crippen LogP contribution in [0.25, 0.3) is 0 Å². The Bertz CT molecular complexity index is 359. The van der Waals surface area contributed by atoms with Gasteiger partial charge in [-0.1, -0.05) is 13.8 Å². The SMILES string of the molecule is CC[C@@H](CO)OCP(=O)(OC)OC.CC[C@@H](CO)OCP(=O)(OC)OC. The summed E-state index contributed by atoms with van der Waals surface area (Å²) < 4.78 is 51.7. The van der Waals surface area contributed by atoms with Gasteiger partial charge in [-0.25, -0.2) is 0 Å². The van der Waals surface area contributed by atoms with Crippen molar-refractivity contribution in [2.24, 2.45) is 0 Å². The predicted octanol–water partition coefficient (Wildman–Crippen LogP) is 2.43. The number of aliphatic hydroxyl groups is 2. The molecule has 0 fully saturated rings. The Balaban J connectivity index is 0. The second kappa shape index (κ2) is 16.1. The molecule has 0 heterocycles. The van der Waals surface area contributed by atoms with Crippen LogP contribution in [0.1, 0.15) is 26.7 Å². The molecule has 26 heavy (non-hydrogen) atoms. The normalized spacial score (nSPS) is 14.5. The Morgan fingerprint density at radius 3 is 1.12 bits per heavy atom. The van der Waals surface area contributed by atoms with Crippen molar-refractivity contribution in [1.82, 2.24) is 0 Å². The first-order valence-corrected chi connectivity index (χ1v) is 11.5. The molecule has 10 nitrogen and oxygen atoms in total. The maximum Gasteiger partial charge on any atom is 0.355 e. The van der Waals surface area contributed by atoms with Gasteiger partial charge in [-0.3, -0.25) is 9.13 Å². The number of aliphatic hydroxyl groups excluding tert-OH is 2. The van der Waals surface area contributed by atoms with Gasteiger partial charge in [-0.2, -0.15) is 0 Å². The van der Waals surface area contributed by atoms with Crippen molar-refractivity contribution >= 4 is 15.2 Å². The number of hydrogen-bond acceptors (Lipinski definition) is 10. The summed E-state index contributed by atoms with van der Waals surface area (Å²) >= 11 is 0. The molecule has 0 saturated carbocycles. The Morgan fingerprint density at radius 2 is 0.962 bits per heavy atom. The molecule has 0 bridgehead atoms. The van der Waals surface area contributed by atoms with Crippen LogP contribution in [0.4, 0.5) is 0 Å². The molecule has 2 atom stereocenters. The third-order valence-electron chi connectivity index (χ3n) is 3.37. The van der Waals surface area contributed by atoms with Gasteiger partial charge < -0.3 is 37.8 Å². The summed E-state index contributed by atoms with van der Waals surface area (Å²) in [5.74, 6) is 0. The summed E-state index contributed by atoms with van der Waals surface area (Å²) in [6.45, 7) is 3.55. The maximum absolute atomic E-state index is 11.4. The topological polar surface area (TPSA) is 130 Å². The quantitative estimate of drug-likeness (QED) is 0.401. The molecule has 0 rings (SSSR count). The zero-order valence-corrected chi connectivity index (χ0v) is 18.2. The second-order valence-corrected chi connectivity index (χ2v) is 9.39. The highest BCUT2D eigenvalue weighted by Gasteiger charge is 2.23. The first-order valence-electron chi connectivity index (χ1n) is 8.09. The summed E-state index contributed by atoms with van der Waals surface area (Å²) in [7, 11) is -0.993. The van der Waals surface area contributed by atoms with Gasteiger partial charge in [0.1, 0.15) is 12.7 Å². The van der Waals surface area contributed by atoms with Crippen LogP contribution in [0.15, 0.2) is 0 Å². The Morgan fingerprint density at radius 1 is 0.692 bits per heavy atom. The van der Waals surface area contributed by atoms with E-state index in [1.807, 2.05) is 13.8 Å². The average molecular weight is 424 g/mol. The molecule has 0 aliphatic heterocycles. The standard InChI is InChI=1S/2C7H17O5P/c2*1-4-7(5-8)12-6-13(9,10-2)11-3/h2*7-8H,4-6H2,1-3H3/t2*7-/m00/s1. The van der Waals surface area contributed by atoms with Gasteiger partial charge in [-0.05, 0) is 12.8 Å². The lowest BCUT2D eigenvalue weighted by atomic mass is 10.3. The van der Waals surface area contributed by atoms with Crippen LogP contribution in [-0.2, 0) is 36.7 Å². The van der Waals surface area contributed by atoms with Crippen LogP contribution in [0.3, 0.4) is 0 Å². The minimum Gasteiger partial charge on any atom is -0.394 e. The summed E-state index contributed by atoms with van der Waals surface area (Å²) in [6.07, 6.45) is 0.448. The highest BCUT2D eigenvalue weighted by Crippen LogP contribution is 2.47. The van der Waals surface area contributed by atoms with Crippen LogP contribution in [0, 0.1) is 0 Å². The molecule has 0 saturated heterocycles. The molecule has 2 N–H and O–H groups in total. The van der Waals surface area contributed by atoms with E-state index in [1.165, 1.54) is 28.4 Å². The van der Waals surface area contributed by atoms with Crippen molar-refractivity contribution in [1.29, 1.82) is 0 Å². The first kappa shape index (κ1) is 28.4. The fourth-order valence-corrected chi connectivity index (χ4v) is 2.86. The van der Waals surface area contributed by atoms with Gasteiger partial charge in [0.25, 0.3) is 0 Å². The van der Waals surface area contributed by atoms with E-state index < -0.39 is 15.2 Å². The van der Waals surface area contributed by atoms with E-state index in [0.717, 1.165) is 0 Å². The smallest absolute Gasteiger partial charge is 0.355 e.